The number of nitrogens with zero attached hydrogens (tertiary/aromatic N) is 2. The van der Waals surface area contributed by atoms with Crippen molar-refractivity contribution in [3.05, 3.63) is 23.3 Å². The van der Waals surface area contributed by atoms with Gasteiger partial charge in [-0.2, -0.15) is 0 Å². The standard InChI is InChI=1S/C10H16N2O/c1-7(2)10-11-5-8(3)9(12-10)6-13-4/h5,7H,6H2,1-4H3. The lowest BCUT2D eigenvalue weighted by Crippen LogP contribution is -2.04. The number of methoxy groups -OCH3 is 1. The molecule has 72 valence electrons. The highest BCUT2D eigenvalue weighted by atomic mass is 16.5. The normalized spacial score (nSPS) is 10.8. The van der Waals surface area contributed by atoms with Crippen molar-refractivity contribution < 1.29 is 4.74 Å². The fourth-order valence-corrected chi connectivity index (χ4v) is 1.05. The second-order valence-electron chi connectivity index (χ2n) is 3.45. The van der Waals surface area contributed by atoms with Gasteiger partial charge >= 0.3 is 0 Å². The molecule has 1 aromatic rings. The van der Waals surface area contributed by atoms with E-state index in [9.17, 15) is 0 Å². The largest absolute Gasteiger partial charge is 0.378 e. The van der Waals surface area contributed by atoms with E-state index in [-0.39, 0.29) is 0 Å². The van der Waals surface area contributed by atoms with Gasteiger partial charge in [-0.1, -0.05) is 13.8 Å². The summed E-state index contributed by atoms with van der Waals surface area (Å²) in [6.45, 7) is 6.73. The predicted molar refractivity (Wildman–Crippen MR) is 51.6 cm³/mol. The molecular formula is C10H16N2O. The first kappa shape index (κ1) is 10.1. The molecule has 0 spiro atoms. The second kappa shape index (κ2) is 4.33. The minimum absolute atomic E-state index is 0.371. The van der Waals surface area contributed by atoms with Crippen LogP contribution in [0.1, 0.15) is 36.8 Å². The molecule has 1 aromatic heterocycles. The molecule has 0 saturated carbocycles. The number of rotatable bonds is 3. The summed E-state index contributed by atoms with van der Waals surface area (Å²) in [5, 5.41) is 0. The van der Waals surface area contributed by atoms with E-state index in [4.69, 9.17) is 4.74 Å². The Labute approximate surface area is 79.2 Å². The van der Waals surface area contributed by atoms with Gasteiger partial charge in [0.05, 0.1) is 12.3 Å². The highest BCUT2D eigenvalue weighted by Gasteiger charge is 2.06. The van der Waals surface area contributed by atoms with Gasteiger partial charge < -0.3 is 4.74 Å². The Morgan fingerprint density at radius 1 is 1.46 bits per heavy atom. The molecule has 0 saturated heterocycles. The molecule has 1 heterocycles. The lowest BCUT2D eigenvalue weighted by molar-refractivity contribution is 0.180. The van der Waals surface area contributed by atoms with Crippen LogP contribution in [0, 0.1) is 6.92 Å². The minimum atomic E-state index is 0.371. The number of hydrogen-bond donors (Lipinski definition) is 0. The Kier molecular flexibility index (Phi) is 3.37. The Hall–Kier alpha value is -0.960. The van der Waals surface area contributed by atoms with Crippen molar-refractivity contribution in [1.82, 2.24) is 9.97 Å². The first-order valence-electron chi connectivity index (χ1n) is 4.46. The van der Waals surface area contributed by atoms with Crippen LogP contribution in [-0.2, 0) is 11.3 Å². The van der Waals surface area contributed by atoms with Crippen molar-refractivity contribution in [2.45, 2.75) is 33.3 Å². The van der Waals surface area contributed by atoms with Crippen molar-refractivity contribution in [3.8, 4) is 0 Å². The van der Waals surface area contributed by atoms with Crippen LogP contribution in [0.3, 0.4) is 0 Å². The van der Waals surface area contributed by atoms with E-state index in [0.717, 1.165) is 17.1 Å². The van der Waals surface area contributed by atoms with E-state index >= 15 is 0 Å². The summed E-state index contributed by atoms with van der Waals surface area (Å²) in [5.41, 5.74) is 2.08. The topological polar surface area (TPSA) is 35.0 Å². The summed E-state index contributed by atoms with van der Waals surface area (Å²) in [4.78, 5) is 8.68. The van der Waals surface area contributed by atoms with E-state index in [1.165, 1.54) is 0 Å². The zero-order valence-electron chi connectivity index (χ0n) is 8.66. The second-order valence-corrected chi connectivity index (χ2v) is 3.45. The van der Waals surface area contributed by atoms with Gasteiger partial charge in [-0.05, 0) is 12.5 Å². The molecule has 0 N–H and O–H groups in total. The molecule has 1 rings (SSSR count). The third-order valence-corrected chi connectivity index (χ3v) is 1.89. The van der Waals surface area contributed by atoms with Crippen molar-refractivity contribution in [1.29, 1.82) is 0 Å². The molecule has 0 bridgehead atoms. The maximum absolute atomic E-state index is 5.05. The first-order chi connectivity index (χ1) is 6.15. The molecular weight excluding hydrogens is 164 g/mol. The van der Waals surface area contributed by atoms with Crippen LogP contribution in [0.25, 0.3) is 0 Å². The smallest absolute Gasteiger partial charge is 0.131 e. The van der Waals surface area contributed by atoms with E-state index in [0.29, 0.717) is 12.5 Å². The molecule has 0 aromatic carbocycles. The average molecular weight is 180 g/mol. The predicted octanol–water partition coefficient (Wildman–Crippen LogP) is 2.05. The highest BCUT2D eigenvalue weighted by Crippen LogP contribution is 2.11. The maximum atomic E-state index is 5.05. The van der Waals surface area contributed by atoms with Crippen molar-refractivity contribution in [2.75, 3.05) is 7.11 Å². The van der Waals surface area contributed by atoms with Crippen LogP contribution >= 0.6 is 0 Å². The Balaban J connectivity index is 2.97. The van der Waals surface area contributed by atoms with Crippen molar-refractivity contribution in [2.24, 2.45) is 0 Å². The van der Waals surface area contributed by atoms with Crippen molar-refractivity contribution >= 4 is 0 Å². The molecule has 0 aliphatic carbocycles. The fourth-order valence-electron chi connectivity index (χ4n) is 1.05. The summed E-state index contributed by atoms with van der Waals surface area (Å²) in [6, 6.07) is 0. The van der Waals surface area contributed by atoms with Crippen LogP contribution in [0.4, 0.5) is 0 Å². The highest BCUT2D eigenvalue weighted by molar-refractivity contribution is 5.15. The van der Waals surface area contributed by atoms with Gasteiger partial charge in [-0.3, -0.25) is 0 Å². The van der Waals surface area contributed by atoms with Crippen LogP contribution in [0.15, 0.2) is 6.20 Å². The lowest BCUT2D eigenvalue weighted by Gasteiger charge is -2.07. The van der Waals surface area contributed by atoms with Crippen molar-refractivity contribution in [3.63, 3.8) is 0 Å². The number of ether oxygens (including phenoxy) is 1. The average Bonchev–Trinajstić information content (AvgIpc) is 2.08. The molecule has 0 radical (unpaired) electrons. The van der Waals surface area contributed by atoms with E-state index < -0.39 is 0 Å². The summed E-state index contributed by atoms with van der Waals surface area (Å²) in [7, 11) is 1.68. The Morgan fingerprint density at radius 2 is 2.15 bits per heavy atom. The van der Waals surface area contributed by atoms with Gasteiger partial charge in [0.25, 0.3) is 0 Å². The van der Waals surface area contributed by atoms with Gasteiger partial charge in [0, 0.05) is 19.2 Å². The van der Waals surface area contributed by atoms with Crippen LogP contribution in [-0.4, -0.2) is 17.1 Å². The summed E-state index contributed by atoms with van der Waals surface area (Å²) in [6.07, 6.45) is 1.86. The number of aromatic nitrogens is 2. The third-order valence-electron chi connectivity index (χ3n) is 1.89. The Bertz CT molecular complexity index is 284. The fraction of sp³-hybridized carbons (Fsp3) is 0.600. The minimum Gasteiger partial charge on any atom is -0.378 e. The van der Waals surface area contributed by atoms with Crippen LogP contribution in [0.5, 0.6) is 0 Å². The summed E-state index contributed by atoms with van der Waals surface area (Å²) >= 11 is 0. The van der Waals surface area contributed by atoms with Crippen LogP contribution in [0.2, 0.25) is 0 Å². The monoisotopic (exact) mass is 180 g/mol. The summed E-state index contributed by atoms with van der Waals surface area (Å²) in [5.74, 6) is 1.26. The number of hydrogen-bond acceptors (Lipinski definition) is 3. The summed E-state index contributed by atoms with van der Waals surface area (Å²) < 4.78 is 5.05. The molecule has 0 aliphatic rings. The Morgan fingerprint density at radius 3 is 2.69 bits per heavy atom. The van der Waals surface area contributed by atoms with E-state index in [2.05, 4.69) is 23.8 Å². The lowest BCUT2D eigenvalue weighted by atomic mass is 10.2. The molecule has 3 nitrogen and oxygen atoms in total. The molecule has 0 atom stereocenters. The molecule has 0 unspecified atom stereocenters. The first-order valence-corrected chi connectivity index (χ1v) is 4.46. The third kappa shape index (κ3) is 2.49. The van der Waals surface area contributed by atoms with Gasteiger partial charge in [0.1, 0.15) is 5.82 Å². The number of aryl methyl sites for hydroxylation is 1. The molecule has 0 amide bonds. The molecule has 0 aliphatic heterocycles. The quantitative estimate of drug-likeness (QED) is 0.714. The van der Waals surface area contributed by atoms with Gasteiger partial charge in [0.2, 0.25) is 0 Å². The van der Waals surface area contributed by atoms with Gasteiger partial charge in [-0.15, -0.1) is 0 Å². The molecule has 0 fully saturated rings. The van der Waals surface area contributed by atoms with Gasteiger partial charge in [-0.25, -0.2) is 9.97 Å². The zero-order valence-corrected chi connectivity index (χ0v) is 8.66. The van der Waals surface area contributed by atoms with Crippen LogP contribution < -0.4 is 0 Å². The van der Waals surface area contributed by atoms with E-state index in [1.807, 2.05) is 13.1 Å². The SMILES string of the molecule is COCc1nc(C(C)C)ncc1C. The molecule has 13 heavy (non-hydrogen) atoms. The maximum Gasteiger partial charge on any atom is 0.131 e. The van der Waals surface area contributed by atoms with Gasteiger partial charge in [0.15, 0.2) is 0 Å². The van der Waals surface area contributed by atoms with E-state index in [1.54, 1.807) is 7.11 Å². The molecule has 3 heteroatoms. The zero-order chi connectivity index (χ0) is 9.84.